The van der Waals surface area contributed by atoms with Gasteiger partial charge in [0.25, 0.3) is 17.4 Å². The maximum absolute atomic E-state index is 12.9. The average Bonchev–Trinajstić information content (AvgIpc) is 2.68. The summed E-state index contributed by atoms with van der Waals surface area (Å²) in [5, 5.41) is 11.2. The molecule has 1 aromatic carbocycles. The van der Waals surface area contributed by atoms with E-state index in [2.05, 4.69) is 9.97 Å². The number of ether oxygens (including phenoxy) is 2. The third-order valence-corrected chi connectivity index (χ3v) is 6.04. The first-order valence-electron chi connectivity index (χ1n) is 8.18. The highest BCUT2D eigenvalue weighted by Gasteiger charge is 2.35. The van der Waals surface area contributed by atoms with Gasteiger partial charge in [0, 0.05) is 25.0 Å². The summed E-state index contributed by atoms with van der Waals surface area (Å²) < 4.78 is 38.0. The highest BCUT2D eigenvalue weighted by Crippen LogP contribution is 2.30. The summed E-state index contributed by atoms with van der Waals surface area (Å²) in [4.78, 5) is 18.2. The molecule has 2 heterocycles. The van der Waals surface area contributed by atoms with Crippen LogP contribution in [0.4, 0.5) is 5.69 Å². The van der Waals surface area contributed by atoms with Gasteiger partial charge in [-0.15, -0.1) is 0 Å². The molecule has 144 valence electrons. The normalized spacial score (nSPS) is 18.0. The largest absolute Gasteiger partial charge is 0.477 e. The van der Waals surface area contributed by atoms with Crippen LogP contribution >= 0.6 is 0 Å². The van der Waals surface area contributed by atoms with Gasteiger partial charge in [0.1, 0.15) is 6.10 Å². The van der Waals surface area contributed by atoms with Crippen molar-refractivity contribution in [2.45, 2.75) is 23.8 Å². The van der Waals surface area contributed by atoms with E-state index in [4.69, 9.17) is 9.47 Å². The maximum Gasteiger partial charge on any atom is 0.289 e. The lowest BCUT2D eigenvalue weighted by atomic mass is 10.1. The summed E-state index contributed by atoms with van der Waals surface area (Å²) in [6.45, 7) is 0.306. The Morgan fingerprint density at radius 3 is 2.63 bits per heavy atom. The molecule has 1 aromatic heterocycles. The number of para-hydroxylation sites is 1. The fourth-order valence-corrected chi connectivity index (χ4v) is 4.54. The van der Waals surface area contributed by atoms with Crippen LogP contribution in [0.5, 0.6) is 11.8 Å². The molecule has 1 aliphatic rings. The molecule has 1 fully saturated rings. The molecule has 2 aromatic rings. The minimum absolute atomic E-state index is 0.0497. The van der Waals surface area contributed by atoms with E-state index in [1.165, 1.54) is 48.1 Å². The Kier molecular flexibility index (Phi) is 5.51. The molecule has 0 amide bonds. The van der Waals surface area contributed by atoms with Crippen molar-refractivity contribution in [3.05, 3.63) is 46.8 Å². The van der Waals surface area contributed by atoms with Crippen LogP contribution in [-0.4, -0.2) is 53.9 Å². The zero-order valence-electron chi connectivity index (χ0n) is 14.5. The standard InChI is InChI=1S/C16H18N4O6S/c1-25-15-16(18-9-8-17-15)26-12-5-4-10-19(11-12)27(23,24)14-7-3-2-6-13(14)20(21)22/h2-3,6-9,12H,4-5,10-11H2,1H3. The average molecular weight is 394 g/mol. The van der Waals surface area contributed by atoms with Crippen LogP contribution in [-0.2, 0) is 10.0 Å². The van der Waals surface area contributed by atoms with E-state index in [-0.39, 0.29) is 29.7 Å². The minimum Gasteiger partial charge on any atom is -0.477 e. The van der Waals surface area contributed by atoms with Crippen LogP contribution in [0, 0.1) is 10.1 Å². The van der Waals surface area contributed by atoms with Gasteiger partial charge in [-0.3, -0.25) is 10.1 Å². The lowest BCUT2D eigenvalue weighted by molar-refractivity contribution is -0.387. The lowest BCUT2D eigenvalue weighted by Gasteiger charge is -2.31. The summed E-state index contributed by atoms with van der Waals surface area (Å²) >= 11 is 0. The number of methoxy groups -OCH3 is 1. The quantitative estimate of drug-likeness (QED) is 0.535. The zero-order valence-corrected chi connectivity index (χ0v) is 15.3. The van der Waals surface area contributed by atoms with Crippen LogP contribution in [0.2, 0.25) is 0 Å². The van der Waals surface area contributed by atoms with Crippen molar-refractivity contribution >= 4 is 15.7 Å². The SMILES string of the molecule is COc1nccnc1OC1CCCN(S(=O)(=O)c2ccccc2[N+](=O)[O-])C1. The van der Waals surface area contributed by atoms with Gasteiger partial charge in [-0.25, -0.2) is 18.4 Å². The van der Waals surface area contributed by atoms with Gasteiger partial charge in [-0.2, -0.15) is 4.31 Å². The molecule has 1 saturated heterocycles. The Hall–Kier alpha value is -2.79. The Morgan fingerprint density at radius 2 is 1.93 bits per heavy atom. The number of nitro groups is 1. The Bertz CT molecular complexity index is 936. The molecule has 3 rings (SSSR count). The predicted octanol–water partition coefficient (Wildman–Crippen LogP) is 1.63. The van der Waals surface area contributed by atoms with Crippen LogP contribution in [0.3, 0.4) is 0 Å². The van der Waals surface area contributed by atoms with Crippen LogP contribution < -0.4 is 9.47 Å². The topological polar surface area (TPSA) is 125 Å². The minimum atomic E-state index is -4.03. The Labute approximate surface area is 156 Å². The highest BCUT2D eigenvalue weighted by atomic mass is 32.2. The van der Waals surface area contributed by atoms with Crippen LogP contribution in [0.1, 0.15) is 12.8 Å². The summed E-state index contributed by atoms with van der Waals surface area (Å²) in [5.74, 6) is 0.381. The van der Waals surface area contributed by atoms with Crippen molar-refractivity contribution in [1.82, 2.24) is 14.3 Å². The molecule has 0 spiro atoms. The number of nitrogens with zero attached hydrogens (tertiary/aromatic N) is 4. The number of sulfonamides is 1. The summed E-state index contributed by atoms with van der Waals surface area (Å²) in [6, 6.07) is 5.31. The molecule has 1 aliphatic heterocycles. The predicted molar refractivity (Wildman–Crippen MR) is 94.1 cm³/mol. The molecule has 1 atom stereocenters. The number of nitro benzene ring substituents is 1. The highest BCUT2D eigenvalue weighted by molar-refractivity contribution is 7.89. The van der Waals surface area contributed by atoms with Crippen LogP contribution in [0.15, 0.2) is 41.6 Å². The molecule has 0 aliphatic carbocycles. The fraction of sp³-hybridized carbons (Fsp3) is 0.375. The molecule has 0 radical (unpaired) electrons. The number of hydrogen-bond donors (Lipinski definition) is 0. The lowest BCUT2D eigenvalue weighted by Crippen LogP contribution is -2.44. The third kappa shape index (κ3) is 3.98. The Morgan fingerprint density at radius 1 is 1.22 bits per heavy atom. The van der Waals surface area contributed by atoms with Gasteiger partial charge >= 0.3 is 0 Å². The molecule has 27 heavy (non-hydrogen) atoms. The van der Waals surface area contributed by atoms with E-state index >= 15 is 0 Å². The number of benzene rings is 1. The van der Waals surface area contributed by atoms with E-state index in [0.717, 1.165) is 0 Å². The summed E-state index contributed by atoms with van der Waals surface area (Å²) in [6.07, 6.45) is 3.60. The molecule has 1 unspecified atom stereocenters. The van der Waals surface area contributed by atoms with Crippen molar-refractivity contribution in [3.63, 3.8) is 0 Å². The first kappa shape index (κ1) is 19.0. The number of piperidine rings is 1. The van der Waals surface area contributed by atoms with Crippen molar-refractivity contribution in [1.29, 1.82) is 0 Å². The van der Waals surface area contributed by atoms with Crippen molar-refractivity contribution < 1.29 is 22.8 Å². The van der Waals surface area contributed by atoms with Gasteiger partial charge in [-0.1, -0.05) is 12.1 Å². The van der Waals surface area contributed by atoms with Gasteiger partial charge in [0.05, 0.1) is 18.6 Å². The van der Waals surface area contributed by atoms with Gasteiger partial charge in [-0.05, 0) is 18.9 Å². The molecule has 10 nitrogen and oxygen atoms in total. The molecule has 0 bridgehead atoms. The zero-order chi connectivity index (χ0) is 19.4. The first-order valence-corrected chi connectivity index (χ1v) is 9.62. The Balaban J connectivity index is 1.83. The molecule has 0 N–H and O–H groups in total. The monoisotopic (exact) mass is 394 g/mol. The van der Waals surface area contributed by atoms with E-state index in [0.29, 0.717) is 12.8 Å². The molecular formula is C16H18N4O6S. The number of hydrogen-bond acceptors (Lipinski definition) is 8. The molecular weight excluding hydrogens is 376 g/mol. The molecule has 11 heteroatoms. The smallest absolute Gasteiger partial charge is 0.289 e. The first-order chi connectivity index (χ1) is 12.9. The fourth-order valence-electron chi connectivity index (χ4n) is 2.88. The number of aromatic nitrogens is 2. The van der Waals surface area contributed by atoms with E-state index in [9.17, 15) is 18.5 Å². The van der Waals surface area contributed by atoms with Crippen molar-refractivity contribution in [2.75, 3.05) is 20.2 Å². The molecule has 0 saturated carbocycles. The number of rotatable bonds is 6. The van der Waals surface area contributed by atoms with Crippen molar-refractivity contribution in [2.24, 2.45) is 0 Å². The maximum atomic E-state index is 12.9. The van der Waals surface area contributed by atoms with E-state index < -0.39 is 26.7 Å². The van der Waals surface area contributed by atoms with Gasteiger partial charge in [0.15, 0.2) is 4.90 Å². The van der Waals surface area contributed by atoms with Gasteiger partial charge in [0.2, 0.25) is 10.0 Å². The summed E-state index contributed by atoms with van der Waals surface area (Å²) in [5.41, 5.74) is -0.448. The third-order valence-electron chi connectivity index (χ3n) is 4.13. The van der Waals surface area contributed by atoms with E-state index in [1.54, 1.807) is 0 Å². The second kappa shape index (κ2) is 7.84. The second-order valence-electron chi connectivity index (χ2n) is 5.84. The van der Waals surface area contributed by atoms with Crippen LogP contribution in [0.25, 0.3) is 0 Å². The van der Waals surface area contributed by atoms with Crippen molar-refractivity contribution in [3.8, 4) is 11.8 Å². The second-order valence-corrected chi connectivity index (χ2v) is 7.75. The van der Waals surface area contributed by atoms with E-state index in [1.807, 2.05) is 0 Å². The summed E-state index contributed by atoms with van der Waals surface area (Å²) in [7, 11) is -2.60. The van der Waals surface area contributed by atoms with Gasteiger partial charge < -0.3 is 9.47 Å².